The first-order chi connectivity index (χ1) is 58.4. The maximum atomic E-state index is 15.0. The van der Waals surface area contributed by atoms with E-state index in [0.29, 0.717) is 97.9 Å². The number of methoxy groups -OCH3 is 2. The number of aromatic nitrogens is 2. The standard InChI is InChI=1S/2C45H53F3N4O9S/c2*1-26-11-9-10-14-30-24-44(30,42(56)51-62(57,58)33-16-17-33)50-39(54)37-22-32(25-52(37)41(55)35(27(2)19-26)23-38(53)61-43(3,4)45(46,47)48)60-40-34-18-15-31(59-5)20-29(34)21-36(49-40)28-12-7-6-8-13-28/h2*6-8,10,12-15,18,20-21,26-27,30,32-33,35,37H,9,11,16-17,19,22-25H2,1-5H3,(H,50,54)(H,51,56)/b2*14-10-/t26-,27+,30+,32+,35-,37-,44+;26-,27-,30-,32-,35+,37+,44-/m01/s1. The number of halogens is 6. The number of benzene rings is 4. The van der Waals surface area contributed by atoms with Gasteiger partial charge in [-0.3, -0.25) is 47.8 Å². The number of ether oxygens (including phenoxy) is 6. The van der Waals surface area contributed by atoms with Crippen molar-refractivity contribution in [3.05, 3.63) is 133 Å². The van der Waals surface area contributed by atoms with Crippen LogP contribution in [0, 0.1) is 47.3 Å². The molecule has 6 amide bonds. The zero-order valence-corrected chi connectivity index (χ0v) is 72.4. The van der Waals surface area contributed by atoms with Gasteiger partial charge in [0.05, 0.1) is 73.9 Å². The van der Waals surface area contributed by atoms with Crippen molar-refractivity contribution in [1.29, 1.82) is 0 Å². The average Bonchev–Trinajstić information content (AvgIpc) is 1.57. The molecule has 4 saturated carbocycles. The van der Waals surface area contributed by atoms with Crippen LogP contribution in [0.2, 0.25) is 0 Å². The van der Waals surface area contributed by atoms with Crippen LogP contribution in [0.25, 0.3) is 44.1 Å². The van der Waals surface area contributed by atoms with Gasteiger partial charge in [0.2, 0.25) is 66.6 Å². The van der Waals surface area contributed by atoms with Crippen molar-refractivity contribution in [1.82, 2.24) is 39.8 Å². The number of hydrogen-bond acceptors (Lipinski definition) is 20. The summed E-state index contributed by atoms with van der Waals surface area (Å²) in [7, 11) is -4.89. The third kappa shape index (κ3) is 20.6. The lowest BCUT2D eigenvalue weighted by Crippen LogP contribution is -2.57. The van der Waals surface area contributed by atoms with E-state index in [1.54, 1.807) is 64.5 Å². The molecule has 14 atom stereocenters. The topological polar surface area (TPSA) is 341 Å². The van der Waals surface area contributed by atoms with E-state index in [9.17, 15) is 81.5 Å². The van der Waals surface area contributed by atoms with Crippen LogP contribution in [-0.4, -0.2) is 181 Å². The zero-order valence-electron chi connectivity index (χ0n) is 70.7. The molecule has 0 spiro atoms. The molecular weight excluding hydrogens is 1660 g/mol. The number of amides is 6. The van der Waals surface area contributed by atoms with Gasteiger partial charge in [-0.1, -0.05) is 113 Å². The van der Waals surface area contributed by atoms with E-state index < -0.39 is 185 Å². The largest absolute Gasteiger partial charge is 0.497 e. The summed E-state index contributed by atoms with van der Waals surface area (Å²) >= 11 is 0. The second kappa shape index (κ2) is 35.9. The molecule has 124 heavy (non-hydrogen) atoms. The summed E-state index contributed by atoms with van der Waals surface area (Å²) in [6.45, 7) is 10.0. The van der Waals surface area contributed by atoms with E-state index in [0.717, 1.165) is 49.6 Å². The lowest BCUT2D eigenvalue weighted by atomic mass is 9.82. The highest BCUT2D eigenvalue weighted by Gasteiger charge is 2.64. The fourth-order valence-electron chi connectivity index (χ4n) is 17.1. The summed E-state index contributed by atoms with van der Waals surface area (Å²) in [6, 6.07) is 30.6. The number of nitrogens with zero attached hydrogens (tertiary/aromatic N) is 4. The normalized spacial score (nSPS) is 27.8. The molecule has 4 aliphatic carbocycles. The van der Waals surface area contributed by atoms with Crippen molar-refractivity contribution in [2.75, 3.05) is 27.3 Å². The first kappa shape index (κ1) is 91.3. The Balaban J connectivity index is 0.000000213. The lowest BCUT2D eigenvalue weighted by molar-refractivity contribution is -0.257. The third-order valence-corrected chi connectivity index (χ3v) is 28.8. The van der Waals surface area contributed by atoms with Gasteiger partial charge < -0.3 is 48.9 Å². The molecule has 0 bridgehead atoms. The van der Waals surface area contributed by atoms with Crippen LogP contribution in [0.5, 0.6) is 23.3 Å². The van der Waals surface area contributed by atoms with Crippen LogP contribution >= 0.6 is 0 Å². The number of alkyl halides is 6. The van der Waals surface area contributed by atoms with Crippen LogP contribution < -0.4 is 39.0 Å². The number of hydrogen-bond donors (Lipinski definition) is 4. The third-order valence-electron chi connectivity index (χ3n) is 25.1. The van der Waals surface area contributed by atoms with Gasteiger partial charge in [-0.2, -0.15) is 26.3 Å². The van der Waals surface area contributed by atoms with Crippen LogP contribution in [0.4, 0.5) is 26.3 Å². The molecule has 14 rings (SSSR count). The van der Waals surface area contributed by atoms with Gasteiger partial charge in [0.25, 0.3) is 11.8 Å². The highest BCUT2D eigenvalue weighted by Crippen LogP contribution is 2.50. The van der Waals surface area contributed by atoms with E-state index in [-0.39, 0.29) is 62.4 Å². The summed E-state index contributed by atoms with van der Waals surface area (Å²) in [5.41, 5.74) is -6.18. The number of rotatable bonds is 20. The molecule has 2 saturated heterocycles. The highest BCUT2D eigenvalue weighted by molar-refractivity contribution is 7.91. The monoisotopic (exact) mass is 1760 g/mol. The Morgan fingerprint density at radius 3 is 1.21 bits per heavy atom. The molecule has 4 N–H and O–H groups in total. The maximum absolute atomic E-state index is 15.0. The summed E-state index contributed by atoms with van der Waals surface area (Å²) < 4.78 is 173. The minimum absolute atomic E-state index is 0.00579. The zero-order chi connectivity index (χ0) is 89.6. The number of nitrogens with one attached hydrogen (secondary N) is 4. The molecule has 8 aliphatic rings. The fraction of sp³-hybridized carbons (Fsp3) is 0.533. The number of sulfonamides is 2. The fourth-order valence-corrected chi connectivity index (χ4v) is 19.8. The molecule has 26 nitrogen and oxygen atoms in total. The molecule has 4 aliphatic heterocycles. The van der Waals surface area contributed by atoms with Gasteiger partial charge in [-0.25, -0.2) is 26.8 Å². The van der Waals surface area contributed by atoms with Crippen LogP contribution in [0.3, 0.4) is 0 Å². The van der Waals surface area contributed by atoms with E-state index in [1.165, 1.54) is 9.80 Å². The summed E-state index contributed by atoms with van der Waals surface area (Å²) in [5.74, 6) is -10.1. The Hall–Kier alpha value is -10.4. The molecule has 6 fully saturated rings. The van der Waals surface area contributed by atoms with Crippen molar-refractivity contribution < 1.29 is 110 Å². The molecule has 4 aromatic carbocycles. The molecule has 34 heteroatoms. The number of carbonyl (C=O) groups excluding carboxylic acids is 8. The van der Waals surface area contributed by atoms with Gasteiger partial charge in [-0.15, -0.1) is 0 Å². The Labute approximate surface area is 716 Å². The first-order valence-electron chi connectivity index (χ1n) is 42.1. The Kier molecular flexibility index (Phi) is 26.5. The molecule has 6 heterocycles. The van der Waals surface area contributed by atoms with Crippen LogP contribution in [0.1, 0.15) is 158 Å². The molecule has 0 radical (unpaired) electrons. The van der Waals surface area contributed by atoms with Crippen molar-refractivity contribution >= 4 is 89.0 Å². The number of carbonyl (C=O) groups is 8. The molecular formula is C90H106F6N8O18S2. The van der Waals surface area contributed by atoms with Gasteiger partial charge in [0, 0.05) is 46.6 Å². The highest BCUT2D eigenvalue weighted by atomic mass is 32.2. The predicted octanol–water partition coefficient (Wildman–Crippen LogP) is 13.3. The summed E-state index contributed by atoms with van der Waals surface area (Å²) in [5, 5.41) is 6.96. The average molecular weight is 1770 g/mol. The Morgan fingerprint density at radius 1 is 0.508 bits per heavy atom. The summed E-state index contributed by atoms with van der Waals surface area (Å²) in [4.78, 5) is 126. The first-order valence-corrected chi connectivity index (χ1v) is 45.2. The Bertz CT molecular complexity index is 5040. The van der Waals surface area contributed by atoms with Crippen LogP contribution in [-0.2, 0) is 67.9 Å². The van der Waals surface area contributed by atoms with E-state index >= 15 is 0 Å². The van der Waals surface area contributed by atoms with Crippen molar-refractivity contribution in [3.63, 3.8) is 0 Å². The number of pyridine rings is 2. The molecule has 2 aromatic heterocycles. The van der Waals surface area contributed by atoms with Gasteiger partial charge in [0.15, 0.2) is 0 Å². The predicted molar refractivity (Wildman–Crippen MR) is 446 cm³/mol. The van der Waals surface area contributed by atoms with Crippen molar-refractivity contribution in [2.24, 2.45) is 47.3 Å². The quantitative estimate of drug-likeness (QED) is 0.0313. The van der Waals surface area contributed by atoms with Crippen molar-refractivity contribution in [2.45, 2.75) is 228 Å². The second-order valence-corrected chi connectivity index (χ2v) is 39.5. The number of allylic oxidation sites excluding steroid dienone is 2. The summed E-state index contributed by atoms with van der Waals surface area (Å²) in [6.07, 6.45) is -0.622. The molecule has 0 unspecified atom stereocenters. The maximum Gasteiger partial charge on any atom is 0.427 e. The van der Waals surface area contributed by atoms with E-state index in [4.69, 9.17) is 38.4 Å². The molecule has 668 valence electrons. The number of esters is 2. The lowest BCUT2D eigenvalue weighted by Gasteiger charge is -2.33. The Morgan fingerprint density at radius 2 is 0.871 bits per heavy atom. The minimum Gasteiger partial charge on any atom is -0.497 e. The van der Waals surface area contributed by atoms with Gasteiger partial charge >= 0.3 is 24.3 Å². The van der Waals surface area contributed by atoms with Crippen LogP contribution in [0.15, 0.2) is 133 Å². The van der Waals surface area contributed by atoms with Gasteiger partial charge in [0.1, 0.15) is 46.9 Å². The number of fused-ring (bicyclic) bond motifs is 6. The minimum atomic E-state index is -4.88. The van der Waals surface area contributed by atoms with E-state index in [2.05, 4.69) is 20.1 Å². The molecule has 6 aromatic rings. The van der Waals surface area contributed by atoms with Gasteiger partial charge in [-0.05, 0) is 188 Å². The SMILES string of the molecule is COc1ccc2c(O[C@@H]3C[C@H]4C(=O)N[C@]5(C(=O)NS(=O)(=O)C6CC6)C[C@H]5/C=C\CC[C@@H](C)C[C@@H](C)[C@H](CC(=O)OC(C)(C)C(F)(F)F)C(=O)N4C3)nc(-c3ccccc3)cc2c1.COc1ccc2c(O[C@@H]3C[C@H]4C(=O)N[C@]5(C(=O)NS(=O)(=O)C6CC6)C[C@H]5/C=C\CC[C@H](C)C[C@@H](C)[C@H](CC(=O)OC(C)(C)C(F)(F)F)C(=O)N4C3)nc(-c3ccccc3)cc2c1. The van der Waals surface area contributed by atoms with Crippen molar-refractivity contribution in [3.8, 4) is 45.8 Å². The smallest absolute Gasteiger partial charge is 0.427 e. The van der Waals surface area contributed by atoms with E-state index in [1.807, 2.05) is 111 Å². The second-order valence-electron chi connectivity index (χ2n) is 35.6.